The van der Waals surface area contributed by atoms with Gasteiger partial charge in [-0.2, -0.15) is 0 Å². The van der Waals surface area contributed by atoms with Crippen LogP contribution in [0.1, 0.15) is 54.0 Å². The fourth-order valence-electron chi connectivity index (χ4n) is 2.90. The van der Waals surface area contributed by atoms with Crippen molar-refractivity contribution in [1.29, 1.82) is 0 Å². The average Bonchev–Trinajstić information content (AvgIpc) is 3.45. The minimum absolute atomic E-state index is 0.109. The summed E-state index contributed by atoms with van der Waals surface area (Å²) in [4.78, 5) is 29.3. The summed E-state index contributed by atoms with van der Waals surface area (Å²) >= 11 is 2.54. The highest BCUT2D eigenvalue weighted by Crippen LogP contribution is 2.31. The van der Waals surface area contributed by atoms with Gasteiger partial charge in [0.25, 0.3) is 0 Å². The van der Waals surface area contributed by atoms with Crippen molar-refractivity contribution in [1.82, 2.24) is 15.2 Å². The van der Waals surface area contributed by atoms with Crippen molar-refractivity contribution in [3.63, 3.8) is 0 Å². The number of thioether (sulfide) groups is 1. The van der Waals surface area contributed by atoms with Crippen molar-refractivity contribution in [2.45, 2.75) is 39.3 Å². The van der Waals surface area contributed by atoms with Crippen LogP contribution < -0.4 is 5.32 Å². The second kappa shape index (κ2) is 11.1. The van der Waals surface area contributed by atoms with Crippen molar-refractivity contribution >= 4 is 52.1 Å². The molecule has 10 heteroatoms. The van der Waals surface area contributed by atoms with E-state index in [-0.39, 0.29) is 18.3 Å². The van der Waals surface area contributed by atoms with Crippen LogP contribution in [0.3, 0.4) is 0 Å². The Kier molecular flexibility index (Phi) is 8.29. The number of aromatic nitrogens is 3. The predicted octanol–water partition coefficient (Wildman–Crippen LogP) is 5.04. The number of carbonyl (C=O) groups is 2. The summed E-state index contributed by atoms with van der Waals surface area (Å²) in [6.07, 6.45) is 4.28. The summed E-state index contributed by atoms with van der Waals surface area (Å²) < 4.78 is 10.7. The number of furan rings is 1. The zero-order valence-electron chi connectivity index (χ0n) is 18.4. The molecule has 0 bridgehead atoms. The third-order valence-electron chi connectivity index (χ3n) is 4.21. The van der Waals surface area contributed by atoms with Gasteiger partial charge >= 0.3 is 5.97 Å². The highest BCUT2D eigenvalue weighted by Gasteiger charge is 2.22. The lowest BCUT2D eigenvalue weighted by molar-refractivity contribution is -0.113. The Bertz CT molecular complexity index is 1100. The van der Waals surface area contributed by atoms with Crippen LogP contribution in [-0.2, 0) is 16.0 Å². The maximum absolute atomic E-state index is 12.5. The summed E-state index contributed by atoms with van der Waals surface area (Å²) in [6, 6.07) is 3.75. The topological polar surface area (TPSA) is 110 Å². The molecule has 1 amide bonds. The molecule has 0 radical (unpaired) electrons. The van der Waals surface area contributed by atoms with Crippen LogP contribution in [0.25, 0.3) is 12.2 Å². The van der Waals surface area contributed by atoms with Gasteiger partial charge in [-0.15, -0.1) is 16.4 Å². The molecule has 0 atom stereocenters. The van der Waals surface area contributed by atoms with Crippen LogP contribution in [0.2, 0.25) is 0 Å². The number of hydrogen-bond acceptors (Lipinski definition) is 8. The number of carbonyl (C=O) groups excluding carboxylic acids is 2. The van der Waals surface area contributed by atoms with Crippen LogP contribution in [0, 0.1) is 12.8 Å². The molecule has 2 N–H and O–H groups in total. The number of anilines is 1. The van der Waals surface area contributed by atoms with Crippen molar-refractivity contribution in [3.05, 3.63) is 46.0 Å². The fourth-order valence-corrected chi connectivity index (χ4v) is 4.48. The molecule has 3 heterocycles. The first kappa shape index (κ1) is 23.8. The van der Waals surface area contributed by atoms with Gasteiger partial charge in [0.15, 0.2) is 0 Å². The maximum atomic E-state index is 12.5. The Balaban J connectivity index is 1.59. The van der Waals surface area contributed by atoms with E-state index in [9.17, 15) is 9.59 Å². The van der Waals surface area contributed by atoms with Gasteiger partial charge in [0.2, 0.25) is 11.1 Å². The molecule has 8 nitrogen and oxygen atoms in total. The number of aryl methyl sites for hydroxylation is 1. The molecule has 0 spiro atoms. The molecular weight excluding hydrogens is 448 g/mol. The van der Waals surface area contributed by atoms with Crippen LogP contribution >= 0.6 is 23.1 Å². The smallest absolute Gasteiger partial charge is 0.341 e. The number of H-pyrrole nitrogens is 1. The Morgan fingerprint density at radius 2 is 2.16 bits per heavy atom. The third kappa shape index (κ3) is 6.57. The normalized spacial score (nSPS) is 11.4. The molecule has 0 aliphatic heterocycles. The highest BCUT2D eigenvalue weighted by molar-refractivity contribution is 7.99. The highest BCUT2D eigenvalue weighted by atomic mass is 32.2. The standard InChI is InChI=1S/C22H26N4O4S2/c1-5-29-21(28)19-15(10-13(2)3)11-31-20(19)24-18(27)12-32-22-23-17(25-26-22)9-8-16-7-6-14(4)30-16/h6-9,11,13H,5,10,12H2,1-4H3,(H,24,27)(H,23,25,26)/b9-8+. The van der Waals surface area contributed by atoms with Crippen LogP contribution in [0.4, 0.5) is 5.00 Å². The van der Waals surface area contributed by atoms with Crippen molar-refractivity contribution in [2.75, 3.05) is 17.7 Å². The van der Waals surface area contributed by atoms with E-state index in [0.717, 1.165) is 23.5 Å². The van der Waals surface area contributed by atoms with E-state index in [1.807, 2.05) is 24.4 Å². The number of nitrogens with zero attached hydrogens (tertiary/aromatic N) is 2. The number of rotatable bonds is 10. The minimum atomic E-state index is -0.412. The number of hydrogen-bond donors (Lipinski definition) is 2. The molecule has 170 valence electrons. The van der Waals surface area contributed by atoms with Gasteiger partial charge in [0.05, 0.1) is 17.9 Å². The monoisotopic (exact) mass is 474 g/mol. The average molecular weight is 475 g/mol. The maximum Gasteiger partial charge on any atom is 0.341 e. The Morgan fingerprint density at radius 1 is 1.34 bits per heavy atom. The van der Waals surface area contributed by atoms with E-state index in [1.165, 1.54) is 23.1 Å². The third-order valence-corrected chi connectivity index (χ3v) is 6.00. The van der Waals surface area contributed by atoms with Gasteiger partial charge in [0.1, 0.15) is 22.3 Å². The first-order valence-electron chi connectivity index (χ1n) is 10.2. The van der Waals surface area contributed by atoms with Crippen LogP contribution in [-0.4, -0.2) is 39.4 Å². The van der Waals surface area contributed by atoms with E-state index in [2.05, 4.69) is 34.3 Å². The molecule has 0 aromatic carbocycles. The summed E-state index contributed by atoms with van der Waals surface area (Å²) in [7, 11) is 0. The number of aromatic amines is 1. The lowest BCUT2D eigenvalue weighted by Gasteiger charge is -2.09. The molecule has 0 fully saturated rings. The van der Waals surface area contributed by atoms with Crippen molar-refractivity contribution in [2.24, 2.45) is 5.92 Å². The molecule has 0 saturated carbocycles. The zero-order chi connectivity index (χ0) is 23.1. The first-order chi connectivity index (χ1) is 15.4. The summed E-state index contributed by atoms with van der Waals surface area (Å²) in [6.45, 7) is 8.08. The molecule has 0 aliphatic carbocycles. The predicted molar refractivity (Wildman–Crippen MR) is 127 cm³/mol. The molecule has 3 rings (SSSR count). The molecule has 32 heavy (non-hydrogen) atoms. The number of thiophene rings is 1. The van der Waals surface area contributed by atoms with Gasteiger partial charge in [0, 0.05) is 0 Å². The van der Waals surface area contributed by atoms with Gasteiger partial charge in [-0.3, -0.25) is 9.89 Å². The van der Waals surface area contributed by atoms with E-state index in [0.29, 0.717) is 27.5 Å². The minimum Gasteiger partial charge on any atom is -0.462 e. The molecule has 0 unspecified atom stereocenters. The van der Waals surface area contributed by atoms with Gasteiger partial charge in [-0.05, 0) is 61.4 Å². The molecule has 3 aromatic heterocycles. The van der Waals surface area contributed by atoms with Crippen molar-refractivity contribution < 1.29 is 18.7 Å². The van der Waals surface area contributed by atoms with Crippen molar-refractivity contribution in [3.8, 4) is 0 Å². The molecule has 0 saturated heterocycles. The van der Waals surface area contributed by atoms with E-state index >= 15 is 0 Å². The second-order valence-corrected chi connectivity index (χ2v) is 9.23. The largest absolute Gasteiger partial charge is 0.462 e. The summed E-state index contributed by atoms with van der Waals surface area (Å²) in [5.74, 6) is 1.94. The van der Waals surface area contributed by atoms with Crippen LogP contribution in [0.5, 0.6) is 0 Å². The van der Waals surface area contributed by atoms with Gasteiger partial charge in [-0.25, -0.2) is 9.78 Å². The fraction of sp³-hybridized carbons (Fsp3) is 0.364. The Labute approximate surface area is 194 Å². The quantitative estimate of drug-likeness (QED) is 0.313. The Morgan fingerprint density at radius 3 is 2.84 bits per heavy atom. The summed E-state index contributed by atoms with van der Waals surface area (Å²) in [5, 5.41) is 12.6. The molecule has 3 aromatic rings. The molecule has 0 aliphatic rings. The van der Waals surface area contributed by atoms with Crippen LogP contribution in [0.15, 0.2) is 27.1 Å². The zero-order valence-corrected chi connectivity index (χ0v) is 20.1. The van der Waals surface area contributed by atoms with E-state index in [1.54, 1.807) is 19.1 Å². The van der Waals surface area contributed by atoms with Gasteiger partial charge in [-0.1, -0.05) is 25.6 Å². The molecular formula is C22H26N4O4S2. The van der Waals surface area contributed by atoms with Gasteiger partial charge < -0.3 is 14.5 Å². The first-order valence-corrected chi connectivity index (χ1v) is 12.1. The Hall–Kier alpha value is -2.85. The number of amides is 1. The number of esters is 1. The second-order valence-electron chi connectivity index (χ2n) is 7.41. The SMILES string of the molecule is CCOC(=O)c1c(CC(C)C)csc1NC(=O)CSc1n[nH]c(/C=C/c2ccc(C)o2)n1. The lowest BCUT2D eigenvalue weighted by Crippen LogP contribution is -2.17. The van der Waals surface area contributed by atoms with E-state index in [4.69, 9.17) is 9.15 Å². The number of ether oxygens (including phenoxy) is 1. The number of nitrogens with one attached hydrogen (secondary N) is 2. The lowest BCUT2D eigenvalue weighted by atomic mass is 10.0. The van der Waals surface area contributed by atoms with E-state index < -0.39 is 5.97 Å². The summed E-state index contributed by atoms with van der Waals surface area (Å²) in [5.41, 5.74) is 1.34.